The summed E-state index contributed by atoms with van der Waals surface area (Å²) in [6, 6.07) is 3.31. The van der Waals surface area contributed by atoms with Crippen LogP contribution in [-0.4, -0.2) is 29.2 Å². The molecule has 0 unspecified atom stereocenters. The van der Waals surface area contributed by atoms with Gasteiger partial charge < -0.3 is 9.31 Å². The fraction of sp³-hybridized carbons (Fsp3) is 0.471. The first-order valence-corrected chi connectivity index (χ1v) is 9.89. The van der Waals surface area contributed by atoms with Crippen molar-refractivity contribution < 1.29 is 14.1 Å². The van der Waals surface area contributed by atoms with Gasteiger partial charge in [-0.3, -0.25) is 4.79 Å². The Morgan fingerprint density at radius 1 is 1.16 bits per heavy atom. The lowest BCUT2D eigenvalue weighted by Crippen LogP contribution is -2.41. The van der Waals surface area contributed by atoms with E-state index in [1.54, 1.807) is 12.1 Å². The molecule has 0 atom stereocenters. The molecular weight excluding hydrogens is 401 g/mol. The standard InChI is InChI=1S/C17H20BCl3O3S/c1-10(22)25-9-12(18-23-16(2,3)17(4,5)24-18)6-11-7-13(19)8-14(20)15(11)21/h6-8H,9H2,1-5H3. The van der Waals surface area contributed by atoms with Crippen molar-refractivity contribution in [1.29, 1.82) is 0 Å². The Labute approximate surface area is 168 Å². The smallest absolute Gasteiger partial charge is 0.400 e. The molecular formula is C17H20BCl3O3S. The van der Waals surface area contributed by atoms with Crippen LogP contribution in [0.5, 0.6) is 0 Å². The fourth-order valence-corrected chi connectivity index (χ4v) is 3.50. The van der Waals surface area contributed by atoms with E-state index in [-0.39, 0.29) is 5.12 Å². The average Bonchev–Trinajstić information content (AvgIpc) is 2.68. The molecule has 0 aliphatic carbocycles. The number of thioether (sulfide) groups is 1. The monoisotopic (exact) mass is 420 g/mol. The number of rotatable bonds is 4. The van der Waals surface area contributed by atoms with Crippen LogP contribution in [0.4, 0.5) is 0 Å². The molecule has 0 amide bonds. The van der Waals surface area contributed by atoms with Gasteiger partial charge in [0.05, 0.1) is 21.2 Å². The maximum atomic E-state index is 11.4. The van der Waals surface area contributed by atoms with Crippen LogP contribution in [-0.2, 0) is 14.1 Å². The summed E-state index contributed by atoms with van der Waals surface area (Å²) in [7, 11) is -0.578. The third kappa shape index (κ3) is 4.97. The van der Waals surface area contributed by atoms with Crippen molar-refractivity contribution in [2.75, 3.05) is 5.75 Å². The fourth-order valence-electron chi connectivity index (χ4n) is 2.24. The summed E-state index contributed by atoms with van der Waals surface area (Å²) in [5.74, 6) is 0.423. The first kappa shape index (κ1) is 21.1. The molecule has 1 aliphatic heterocycles. The number of hydrogen-bond acceptors (Lipinski definition) is 4. The second kappa shape index (κ2) is 7.83. The van der Waals surface area contributed by atoms with E-state index in [1.165, 1.54) is 18.7 Å². The van der Waals surface area contributed by atoms with Crippen molar-refractivity contribution in [3.8, 4) is 0 Å². The molecule has 0 radical (unpaired) electrons. The lowest BCUT2D eigenvalue weighted by molar-refractivity contribution is -0.109. The topological polar surface area (TPSA) is 35.5 Å². The van der Waals surface area contributed by atoms with E-state index in [2.05, 4.69) is 0 Å². The summed E-state index contributed by atoms with van der Waals surface area (Å²) in [5.41, 5.74) is 0.494. The summed E-state index contributed by atoms with van der Waals surface area (Å²) < 4.78 is 12.2. The van der Waals surface area contributed by atoms with Gasteiger partial charge in [0.25, 0.3) is 0 Å². The van der Waals surface area contributed by atoms with Crippen LogP contribution in [0.2, 0.25) is 15.1 Å². The third-order valence-electron chi connectivity index (χ3n) is 4.36. The SMILES string of the molecule is CC(=O)SCC(=Cc1cc(Cl)cc(Cl)c1Cl)B1OC(C)(C)C(C)(C)O1. The first-order chi connectivity index (χ1) is 11.4. The molecule has 1 saturated heterocycles. The molecule has 1 heterocycles. The summed E-state index contributed by atoms with van der Waals surface area (Å²) in [4.78, 5) is 11.4. The van der Waals surface area contributed by atoms with Crippen LogP contribution in [0.3, 0.4) is 0 Å². The minimum absolute atomic E-state index is 0.0117. The minimum atomic E-state index is -0.578. The zero-order valence-electron chi connectivity index (χ0n) is 14.8. The van der Waals surface area contributed by atoms with Crippen molar-refractivity contribution >= 4 is 64.9 Å². The van der Waals surface area contributed by atoms with Crippen molar-refractivity contribution in [2.24, 2.45) is 0 Å². The third-order valence-corrected chi connectivity index (χ3v) is 6.28. The van der Waals surface area contributed by atoms with E-state index in [0.29, 0.717) is 26.4 Å². The molecule has 8 heteroatoms. The summed E-state index contributed by atoms with van der Waals surface area (Å²) in [5, 5.41) is 1.26. The summed E-state index contributed by atoms with van der Waals surface area (Å²) in [6.45, 7) is 9.44. The Balaban J connectivity index is 2.42. The Morgan fingerprint density at radius 2 is 1.72 bits per heavy atom. The molecule has 25 heavy (non-hydrogen) atoms. The van der Waals surface area contributed by atoms with Gasteiger partial charge in [-0.05, 0) is 50.9 Å². The van der Waals surface area contributed by atoms with Crippen LogP contribution in [0.1, 0.15) is 40.2 Å². The van der Waals surface area contributed by atoms with Crippen molar-refractivity contribution in [1.82, 2.24) is 0 Å². The van der Waals surface area contributed by atoms with E-state index >= 15 is 0 Å². The number of benzene rings is 1. The van der Waals surface area contributed by atoms with E-state index < -0.39 is 18.3 Å². The molecule has 0 N–H and O–H groups in total. The van der Waals surface area contributed by atoms with Crippen LogP contribution in [0, 0.1) is 0 Å². The average molecular weight is 422 g/mol. The van der Waals surface area contributed by atoms with E-state index in [4.69, 9.17) is 44.1 Å². The highest BCUT2D eigenvalue weighted by atomic mass is 35.5. The highest BCUT2D eigenvalue weighted by Gasteiger charge is 2.52. The Morgan fingerprint density at radius 3 is 2.24 bits per heavy atom. The zero-order chi connectivity index (χ0) is 19.0. The lowest BCUT2D eigenvalue weighted by Gasteiger charge is -2.32. The van der Waals surface area contributed by atoms with Crippen molar-refractivity contribution in [3.63, 3.8) is 0 Å². The predicted octanol–water partition coefficient (Wildman–Crippen LogP) is 5.94. The van der Waals surface area contributed by atoms with E-state index in [1.807, 2.05) is 33.8 Å². The largest absolute Gasteiger partial charge is 0.491 e. The Hall–Kier alpha value is -0.165. The normalized spacial score (nSPS) is 19.4. The van der Waals surface area contributed by atoms with Crippen LogP contribution in [0.25, 0.3) is 6.08 Å². The van der Waals surface area contributed by atoms with Crippen molar-refractivity contribution in [2.45, 2.75) is 45.8 Å². The second-order valence-electron chi connectivity index (χ2n) is 6.88. The minimum Gasteiger partial charge on any atom is -0.400 e. The second-order valence-corrected chi connectivity index (χ2v) is 9.25. The summed E-state index contributed by atoms with van der Waals surface area (Å²) >= 11 is 19.7. The molecule has 0 saturated carbocycles. The van der Waals surface area contributed by atoms with Gasteiger partial charge in [-0.2, -0.15) is 0 Å². The maximum Gasteiger partial charge on any atom is 0.491 e. The molecule has 2 rings (SSSR count). The zero-order valence-corrected chi connectivity index (χ0v) is 17.9. The quantitative estimate of drug-likeness (QED) is 0.445. The molecule has 1 fully saturated rings. The molecule has 0 aromatic heterocycles. The highest BCUT2D eigenvalue weighted by molar-refractivity contribution is 8.13. The van der Waals surface area contributed by atoms with Gasteiger partial charge in [0, 0.05) is 17.7 Å². The molecule has 3 nitrogen and oxygen atoms in total. The van der Waals surface area contributed by atoms with Crippen LogP contribution < -0.4 is 0 Å². The number of carbonyl (C=O) groups is 1. The Bertz CT molecular complexity index is 703. The lowest BCUT2D eigenvalue weighted by atomic mass is 9.78. The van der Waals surface area contributed by atoms with Gasteiger partial charge in [-0.1, -0.05) is 52.6 Å². The van der Waals surface area contributed by atoms with Gasteiger partial charge in [0.15, 0.2) is 5.12 Å². The predicted molar refractivity (Wildman–Crippen MR) is 109 cm³/mol. The van der Waals surface area contributed by atoms with Gasteiger partial charge >= 0.3 is 7.12 Å². The van der Waals surface area contributed by atoms with Gasteiger partial charge in [-0.15, -0.1) is 0 Å². The molecule has 136 valence electrons. The van der Waals surface area contributed by atoms with Crippen molar-refractivity contribution in [3.05, 3.63) is 38.2 Å². The van der Waals surface area contributed by atoms with Gasteiger partial charge in [-0.25, -0.2) is 0 Å². The number of carbonyl (C=O) groups excluding carboxylic acids is 1. The van der Waals surface area contributed by atoms with Gasteiger partial charge in [0.2, 0.25) is 0 Å². The summed E-state index contributed by atoms with van der Waals surface area (Å²) in [6.07, 6.45) is 1.83. The van der Waals surface area contributed by atoms with E-state index in [9.17, 15) is 4.79 Å². The molecule has 1 aliphatic rings. The van der Waals surface area contributed by atoms with Crippen LogP contribution >= 0.6 is 46.6 Å². The maximum absolute atomic E-state index is 11.4. The molecule has 0 spiro atoms. The highest BCUT2D eigenvalue weighted by Crippen LogP contribution is 2.40. The van der Waals surface area contributed by atoms with E-state index in [0.717, 1.165) is 5.47 Å². The molecule has 1 aromatic rings. The first-order valence-electron chi connectivity index (χ1n) is 7.77. The molecule has 0 bridgehead atoms. The number of hydrogen-bond donors (Lipinski definition) is 0. The number of halogens is 3. The molecule has 1 aromatic carbocycles. The Kier molecular flexibility index (Phi) is 6.62. The van der Waals surface area contributed by atoms with Crippen LogP contribution in [0.15, 0.2) is 17.6 Å². The van der Waals surface area contributed by atoms with Gasteiger partial charge in [0.1, 0.15) is 0 Å².